The third-order valence-corrected chi connectivity index (χ3v) is 8.50. The first-order valence-electron chi connectivity index (χ1n) is 9.81. The molecule has 170 valence electrons. The maximum atomic E-state index is 13.4. The second-order valence-corrected chi connectivity index (χ2v) is 11.3. The molecule has 0 fully saturated rings. The highest BCUT2D eigenvalue weighted by molar-refractivity contribution is 9.11. The number of carbonyl (C=O) groups is 2. The van der Waals surface area contributed by atoms with Crippen molar-refractivity contribution >= 4 is 65.3 Å². The van der Waals surface area contributed by atoms with Gasteiger partial charge in [-0.25, -0.2) is 13.1 Å². The van der Waals surface area contributed by atoms with Gasteiger partial charge in [-0.15, -0.1) is 0 Å². The predicted molar refractivity (Wildman–Crippen MR) is 132 cm³/mol. The van der Waals surface area contributed by atoms with Crippen molar-refractivity contribution < 1.29 is 18.0 Å². The number of nitrogens with one attached hydrogen (secondary N) is 1. The van der Waals surface area contributed by atoms with Crippen LogP contribution in [0.15, 0.2) is 80.6 Å². The summed E-state index contributed by atoms with van der Waals surface area (Å²) < 4.78 is 29.0. The molecule has 3 aromatic carbocycles. The summed E-state index contributed by atoms with van der Waals surface area (Å²) in [6, 6.07) is 17.6. The van der Waals surface area contributed by atoms with Crippen LogP contribution in [0.2, 0.25) is 5.02 Å². The second-order valence-electron chi connectivity index (χ2n) is 7.45. The molecule has 0 saturated carbocycles. The van der Waals surface area contributed by atoms with Crippen molar-refractivity contribution in [1.82, 2.24) is 9.62 Å². The van der Waals surface area contributed by atoms with Gasteiger partial charge in [0.2, 0.25) is 0 Å². The van der Waals surface area contributed by atoms with E-state index in [1.54, 1.807) is 36.4 Å². The van der Waals surface area contributed by atoms with Crippen molar-refractivity contribution in [2.75, 3.05) is 0 Å². The summed E-state index contributed by atoms with van der Waals surface area (Å²) in [7, 11) is -4.20. The van der Waals surface area contributed by atoms with Crippen LogP contribution >= 0.6 is 43.5 Å². The molecule has 0 aromatic heterocycles. The van der Waals surface area contributed by atoms with E-state index in [9.17, 15) is 18.0 Å². The molecule has 1 aliphatic heterocycles. The molecule has 10 heteroatoms. The fourth-order valence-electron chi connectivity index (χ4n) is 3.70. The average molecular weight is 613 g/mol. The minimum Gasteiger partial charge on any atom is -0.322 e. The standard InChI is InChI=1S/C23H17Br2ClN2O4S/c24-16-9-10-18(25)21(12-16)33(31,32)27-22(29)20-11-14-5-1-2-6-15(14)13-28(20)23(30)17-7-3-4-8-19(17)26/h1-10,12,20H,11,13H2,(H,27,29). The largest absolute Gasteiger partial charge is 0.322 e. The minimum atomic E-state index is -4.20. The third-order valence-electron chi connectivity index (χ3n) is 5.33. The van der Waals surface area contributed by atoms with Crippen LogP contribution < -0.4 is 4.72 Å². The van der Waals surface area contributed by atoms with E-state index in [0.29, 0.717) is 8.95 Å². The van der Waals surface area contributed by atoms with Crippen LogP contribution in [-0.4, -0.2) is 31.2 Å². The van der Waals surface area contributed by atoms with Gasteiger partial charge in [-0.3, -0.25) is 9.59 Å². The number of benzene rings is 3. The van der Waals surface area contributed by atoms with Gasteiger partial charge in [-0.1, -0.05) is 63.9 Å². The molecule has 0 saturated heterocycles. The van der Waals surface area contributed by atoms with Crippen molar-refractivity contribution in [2.24, 2.45) is 0 Å². The fourth-order valence-corrected chi connectivity index (χ4v) is 6.43. The van der Waals surface area contributed by atoms with E-state index in [1.807, 2.05) is 24.3 Å². The number of fused-ring (bicyclic) bond motifs is 1. The van der Waals surface area contributed by atoms with E-state index >= 15 is 0 Å². The molecule has 33 heavy (non-hydrogen) atoms. The molecule has 1 aliphatic rings. The van der Waals surface area contributed by atoms with Gasteiger partial charge in [0.05, 0.1) is 10.6 Å². The fraction of sp³-hybridized carbons (Fsp3) is 0.130. The Balaban J connectivity index is 1.70. The summed E-state index contributed by atoms with van der Waals surface area (Å²) in [5.74, 6) is -1.24. The first-order chi connectivity index (χ1) is 15.7. The van der Waals surface area contributed by atoms with E-state index < -0.39 is 27.9 Å². The number of halogens is 3. The minimum absolute atomic E-state index is 0.0922. The zero-order valence-corrected chi connectivity index (χ0v) is 21.7. The van der Waals surface area contributed by atoms with E-state index in [1.165, 1.54) is 11.0 Å². The van der Waals surface area contributed by atoms with Crippen LogP contribution in [0, 0.1) is 0 Å². The average Bonchev–Trinajstić information content (AvgIpc) is 2.79. The first kappa shape index (κ1) is 23.9. The number of carbonyl (C=O) groups excluding carboxylic acids is 2. The number of sulfonamides is 1. The highest BCUT2D eigenvalue weighted by Crippen LogP contribution is 2.29. The van der Waals surface area contributed by atoms with Crippen molar-refractivity contribution in [1.29, 1.82) is 0 Å². The molecule has 1 unspecified atom stereocenters. The Labute approximate surface area is 213 Å². The van der Waals surface area contributed by atoms with E-state index in [4.69, 9.17) is 11.6 Å². The maximum Gasteiger partial charge on any atom is 0.265 e. The number of amides is 2. The predicted octanol–water partition coefficient (Wildman–Crippen LogP) is 4.94. The van der Waals surface area contributed by atoms with Crippen LogP contribution in [0.1, 0.15) is 21.5 Å². The maximum absolute atomic E-state index is 13.4. The Bertz CT molecular complexity index is 1360. The summed E-state index contributed by atoms with van der Waals surface area (Å²) in [6.45, 7) is 0.152. The molecule has 1 atom stereocenters. The van der Waals surface area contributed by atoms with Gasteiger partial charge in [-0.2, -0.15) is 0 Å². The Kier molecular flexibility index (Phi) is 6.95. The van der Waals surface area contributed by atoms with Crippen LogP contribution in [0.3, 0.4) is 0 Å². The molecule has 2 amide bonds. The highest BCUT2D eigenvalue weighted by atomic mass is 79.9. The lowest BCUT2D eigenvalue weighted by atomic mass is 9.93. The Morgan fingerprint density at radius 1 is 0.970 bits per heavy atom. The lowest BCUT2D eigenvalue weighted by molar-refractivity contribution is -0.124. The van der Waals surface area contributed by atoms with Crippen molar-refractivity contribution in [3.8, 4) is 0 Å². The van der Waals surface area contributed by atoms with E-state index in [2.05, 4.69) is 36.6 Å². The van der Waals surface area contributed by atoms with Crippen LogP contribution in [-0.2, 0) is 27.8 Å². The summed E-state index contributed by atoms with van der Waals surface area (Å²) in [5, 5.41) is 0.256. The molecule has 4 rings (SSSR count). The Hall–Kier alpha value is -2.20. The third kappa shape index (κ3) is 5.01. The number of hydrogen-bond donors (Lipinski definition) is 1. The quantitative estimate of drug-likeness (QED) is 0.453. The number of nitrogens with zero attached hydrogens (tertiary/aromatic N) is 1. The first-order valence-corrected chi connectivity index (χ1v) is 13.3. The van der Waals surface area contributed by atoms with Gasteiger partial charge < -0.3 is 4.90 Å². The lowest BCUT2D eigenvalue weighted by Gasteiger charge is -2.36. The smallest absolute Gasteiger partial charge is 0.265 e. The summed E-state index contributed by atoms with van der Waals surface area (Å²) in [6.07, 6.45) is 0.174. The molecule has 0 aliphatic carbocycles. The Morgan fingerprint density at radius 3 is 2.36 bits per heavy atom. The number of rotatable bonds is 4. The van der Waals surface area contributed by atoms with Crippen molar-refractivity contribution in [2.45, 2.75) is 23.9 Å². The van der Waals surface area contributed by atoms with Crippen molar-refractivity contribution in [3.05, 3.63) is 97.4 Å². The molecule has 1 heterocycles. The van der Waals surface area contributed by atoms with Gasteiger partial charge in [0, 0.05) is 21.9 Å². The van der Waals surface area contributed by atoms with Crippen molar-refractivity contribution in [3.63, 3.8) is 0 Å². The van der Waals surface area contributed by atoms with Gasteiger partial charge in [0.1, 0.15) is 10.9 Å². The normalized spacial score (nSPS) is 15.6. The van der Waals surface area contributed by atoms with Crippen LogP contribution in [0.5, 0.6) is 0 Å². The van der Waals surface area contributed by atoms with Crippen LogP contribution in [0.25, 0.3) is 0 Å². The van der Waals surface area contributed by atoms with Gasteiger partial charge in [0.25, 0.3) is 21.8 Å². The summed E-state index contributed by atoms with van der Waals surface area (Å²) in [5.41, 5.74) is 2.01. The van der Waals surface area contributed by atoms with E-state index in [-0.39, 0.29) is 28.4 Å². The zero-order valence-electron chi connectivity index (χ0n) is 17.0. The topological polar surface area (TPSA) is 83.6 Å². The second kappa shape index (κ2) is 9.58. The molecule has 1 N–H and O–H groups in total. The Morgan fingerprint density at radius 2 is 1.64 bits per heavy atom. The summed E-state index contributed by atoms with van der Waals surface area (Å²) >= 11 is 12.7. The lowest BCUT2D eigenvalue weighted by Crippen LogP contribution is -2.53. The van der Waals surface area contributed by atoms with Gasteiger partial charge >= 0.3 is 0 Å². The SMILES string of the molecule is O=C(NS(=O)(=O)c1cc(Br)ccc1Br)C1Cc2ccccc2CN1C(=O)c1ccccc1Cl. The molecule has 0 spiro atoms. The van der Waals surface area contributed by atoms with Gasteiger partial charge in [-0.05, 0) is 57.4 Å². The number of hydrogen-bond acceptors (Lipinski definition) is 4. The monoisotopic (exact) mass is 610 g/mol. The molecule has 3 aromatic rings. The molecular weight excluding hydrogens is 596 g/mol. The highest BCUT2D eigenvalue weighted by Gasteiger charge is 2.37. The van der Waals surface area contributed by atoms with E-state index in [0.717, 1.165) is 11.1 Å². The molecule has 0 radical (unpaired) electrons. The van der Waals surface area contributed by atoms with Gasteiger partial charge in [0.15, 0.2) is 0 Å². The van der Waals surface area contributed by atoms with Crippen LogP contribution in [0.4, 0.5) is 0 Å². The molecule has 6 nitrogen and oxygen atoms in total. The molecular formula is C23H17Br2ClN2O4S. The molecule has 0 bridgehead atoms. The summed E-state index contributed by atoms with van der Waals surface area (Å²) in [4.78, 5) is 27.9. The zero-order chi connectivity index (χ0) is 23.8.